The van der Waals surface area contributed by atoms with E-state index in [2.05, 4.69) is 16.8 Å². The van der Waals surface area contributed by atoms with Crippen molar-refractivity contribution in [3.05, 3.63) is 47.0 Å². The van der Waals surface area contributed by atoms with Crippen LogP contribution < -0.4 is 10.1 Å². The number of methoxy groups -OCH3 is 1. The highest BCUT2D eigenvalue weighted by molar-refractivity contribution is 7.13. The number of rotatable bonds is 7. The predicted octanol–water partition coefficient (Wildman–Crippen LogP) is 5.00. The van der Waals surface area contributed by atoms with E-state index >= 15 is 0 Å². The molecule has 2 aromatic heterocycles. The molecule has 0 amide bonds. The van der Waals surface area contributed by atoms with Gasteiger partial charge in [-0.05, 0) is 63.1 Å². The van der Waals surface area contributed by atoms with Gasteiger partial charge in [-0.2, -0.15) is 0 Å². The standard InChI is InChI=1S/C23H27N3O3S/c1-4-20(18-6-5-11-24-18)26-14(2)17(23(27)28)12-21(26)19-13-30-22(25-19)15-7-9-16(29-3)10-8-15/h7-10,12-13,18,20,24H,4-6,11H2,1-3H3,(H,27,28). The maximum atomic E-state index is 11.9. The van der Waals surface area contributed by atoms with Crippen molar-refractivity contribution in [1.29, 1.82) is 0 Å². The second-order valence-corrected chi connectivity index (χ2v) is 8.51. The van der Waals surface area contributed by atoms with E-state index in [0.717, 1.165) is 59.2 Å². The van der Waals surface area contributed by atoms with E-state index in [1.54, 1.807) is 24.5 Å². The molecule has 3 aromatic rings. The highest BCUT2D eigenvalue weighted by Gasteiger charge is 2.30. The molecule has 0 saturated carbocycles. The zero-order valence-electron chi connectivity index (χ0n) is 17.5. The van der Waals surface area contributed by atoms with E-state index < -0.39 is 5.97 Å². The third kappa shape index (κ3) is 3.75. The normalized spacial score (nSPS) is 17.2. The summed E-state index contributed by atoms with van der Waals surface area (Å²) in [6.07, 6.45) is 3.18. The minimum Gasteiger partial charge on any atom is -0.497 e. The summed E-state index contributed by atoms with van der Waals surface area (Å²) in [7, 11) is 1.65. The summed E-state index contributed by atoms with van der Waals surface area (Å²) in [4.78, 5) is 16.7. The molecule has 7 heteroatoms. The highest BCUT2D eigenvalue weighted by Crippen LogP contribution is 2.36. The number of thiazole rings is 1. The molecule has 1 aromatic carbocycles. The molecule has 1 aliphatic heterocycles. The van der Waals surface area contributed by atoms with E-state index in [9.17, 15) is 9.90 Å². The Morgan fingerprint density at radius 1 is 1.40 bits per heavy atom. The summed E-state index contributed by atoms with van der Waals surface area (Å²) >= 11 is 1.57. The molecule has 6 nitrogen and oxygen atoms in total. The van der Waals surface area contributed by atoms with Crippen molar-refractivity contribution in [2.24, 2.45) is 0 Å². The minimum atomic E-state index is -0.896. The minimum absolute atomic E-state index is 0.196. The van der Waals surface area contributed by atoms with Crippen molar-refractivity contribution in [2.75, 3.05) is 13.7 Å². The first-order chi connectivity index (χ1) is 14.5. The average Bonchev–Trinajstić information content (AvgIpc) is 3.50. The summed E-state index contributed by atoms with van der Waals surface area (Å²) in [6.45, 7) is 5.08. The summed E-state index contributed by atoms with van der Waals surface area (Å²) in [5.74, 6) is -0.0895. The average molecular weight is 426 g/mol. The van der Waals surface area contributed by atoms with Crippen molar-refractivity contribution in [2.45, 2.75) is 45.2 Å². The van der Waals surface area contributed by atoms with Crippen molar-refractivity contribution < 1.29 is 14.6 Å². The zero-order chi connectivity index (χ0) is 21.3. The molecule has 2 unspecified atom stereocenters. The number of nitrogens with zero attached hydrogens (tertiary/aromatic N) is 2. The van der Waals surface area contributed by atoms with Gasteiger partial charge in [0.2, 0.25) is 0 Å². The van der Waals surface area contributed by atoms with E-state index in [-0.39, 0.29) is 6.04 Å². The van der Waals surface area contributed by atoms with Gasteiger partial charge in [-0.25, -0.2) is 9.78 Å². The van der Waals surface area contributed by atoms with Crippen molar-refractivity contribution in [3.8, 4) is 27.7 Å². The lowest BCUT2D eigenvalue weighted by Crippen LogP contribution is -2.33. The first-order valence-electron chi connectivity index (χ1n) is 10.3. The fourth-order valence-electron chi connectivity index (χ4n) is 4.41. The maximum absolute atomic E-state index is 11.9. The van der Waals surface area contributed by atoms with Crippen molar-refractivity contribution >= 4 is 17.3 Å². The van der Waals surface area contributed by atoms with Crippen LogP contribution in [0.2, 0.25) is 0 Å². The molecular formula is C23H27N3O3S. The van der Waals surface area contributed by atoms with Gasteiger partial charge in [0.25, 0.3) is 0 Å². The van der Waals surface area contributed by atoms with Crippen LogP contribution in [0.15, 0.2) is 35.7 Å². The SMILES string of the molecule is CCC(C1CCCN1)n1c(-c2csc(-c3ccc(OC)cc3)n2)cc(C(=O)O)c1C. The number of carboxylic acid groups (broad SMARTS) is 1. The number of aromatic carboxylic acids is 1. The van der Waals surface area contributed by atoms with Gasteiger partial charge >= 0.3 is 5.97 Å². The van der Waals surface area contributed by atoms with Crippen LogP contribution in [0.25, 0.3) is 22.0 Å². The molecule has 2 N–H and O–H groups in total. The first-order valence-corrected chi connectivity index (χ1v) is 11.2. The third-order valence-corrected chi connectivity index (χ3v) is 6.83. The Kier molecular flexibility index (Phi) is 5.92. The van der Waals surface area contributed by atoms with E-state index in [1.807, 2.05) is 36.6 Å². The van der Waals surface area contributed by atoms with Crippen LogP contribution in [0.3, 0.4) is 0 Å². The smallest absolute Gasteiger partial charge is 0.337 e. The van der Waals surface area contributed by atoms with Crippen molar-refractivity contribution in [3.63, 3.8) is 0 Å². The molecule has 3 heterocycles. The van der Waals surface area contributed by atoms with Crippen LogP contribution in [0.1, 0.15) is 48.3 Å². The van der Waals surface area contributed by atoms with Crippen LogP contribution in [-0.2, 0) is 0 Å². The number of hydrogen-bond donors (Lipinski definition) is 2. The number of ether oxygens (including phenoxy) is 1. The van der Waals surface area contributed by atoms with Crippen LogP contribution in [0.5, 0.6) is 5.75 Å². The van der Waals surface area contributed by atoms with Gasteiger partial charge in [0.05, 0.1) is 24.1 Å². The molecular weight excluding hydrogens is 398 g/mol. The molecule has 158 valence electrons. The molecule has 1 aliphatic rings. The molecule has 0 bridgehead atoms. The highest BCUT2D eigenvalue weighted by atomic mass is 32.1. The molecule has 2 atom stereocenters. The Labute approximate surface area is 180 Å². The summed E-state index contributed by atoms with van der Waals surface area (Å²) in [6, 6.07) is 10.2. The Bertz CT molecular complexity index is 1030. The lowest BCUT2D eigenvalue weighted by molar-refractivity contribution is 0.0696. The zero-order valence-corrected chi connectivity index (χ0v) is 18.3. The number of aromatic nitrogens is 2. The van der Waals surface area contributed by atoms with Gasteiger partial charge in [0.15, 0.2) is 0 Å². The molecule has 0 spiro atoms. The second kappa shape index (κ2) is 8.62. The van der Waals surface area contributed by atoms with Crippen LogP contribution >= 0.6 is 11.3 Å². The van der Waals surface area contributed by atoms with Gasteiger partial charge in [-0.1, -0.05) is 6.92 Å². The quantitative estimate of drug-likeness (QED) is 0.557. The monoisotopic (exact) mass is 425 g/mol. The summed E-state index contributed by atoms with van der Waals surface area (Å²) in [5, 5.41) is 16.3. The summed E-state index contributed by atoms with van der Waals surface area (Å²) in [5.41, 5.74) is 3.85. The number of hydrogen-bond acceptors (Lipinski definition) is 5. The van der Waals surface area contributed by atoms with E-state index in [0.29, 0.717) is 11.6 Å². The van der Waals surface area contributed by atoms with Gasteiger partial charge in [-0.15, -0.1) is 11.3 Å². The van der Waals surface area contributed by atoms with Crippen LogP contribution in [0.4, 0.5) is 0 Å². The second-order valence-electron chi connectivity index (χ2n) is 7.65. The van der Waals surface area contributed by atoms with Crippen LogP contribution in [0, 0.1) is 6.92 Å². The predicted molar refractivity (Wildman–Crippen MR) is 120 cm³/mol. The molecule has 30 heavy (non-hydrogen) atoms. The van der Waals surface area contributed by atoms with Gasteiger partial charge in [0.1, 0.15) is 10.8 Å². The number of carboxylic acids is 1. The number of carbonyl (C=O) groups is 1. The lowest BCUT2D eigenvalue weighted by Gasteiger charge is -2.27. The fourth-order valence-corrected chi connectivity index (χ4v) is 5.23. The lowest BCUT2D eigenvalue weighted by atomic mass is 10.0. The maximum Gasteiger partial charge on any atom is 0.337 e. The Hall–Kier alpha value is -2.64. The van der Waals surface area contributed by atoms with Crippen molar-refractivity contribution in [1.82, 2.24) is 14.9 Å². The number of benzene rings is 1. The Balaban J connectivity index is 1.77. The van der Waals surface area contributed by atoms with Gasteiger partial charge < -0.3 is 19.7 Å². The van der Waals surface area contributed by atoms with Gasteiger partial charge in [0, 0.05) is 28.7 Å². The third-order valence-electron chi connectivity index (χ3n) is 5.94. The molecule has 4 rings (SSSR count). The topological polar surface area (TPSA) is 76.4 Å². The Morgan fingerprint density at radius 3 is 2.77 bits per heavy atom. The molecule has 1 saturated heterocycles. The van der Waals surface area contributed by atoms with Crippen LogP contribution in [-0.4, -0.2) is 40.3 Å². The Morgan fingerprint density at radius 2 is 2.17 bits per heavy atom. The van der Waals surface area contributed by atoms with Gasteiger partial charge in [-0.3, -0.25) is 0 Å². The fraction of sp³-hybridized carbons (Fsp3) is 0.391. The largest absolute Gasteiger partial charge is 0.497 e. The number of nitrogens with one attached hydrogen (secondary N) is 1. The molecule has 0 radical (unpaired) electrons. The first kappa shape index (κ1) is 20.6. The molecule has 0 aliphatic carbocycles. The van der Waals surface area contributed by atoms with E-state index in [4.69, 9.17) is 9.72 Å². The summed E-state index contributed by atoms with van der Waals surface area (Å²) < 4.78 is 7.43. The molecule has 1 fully saturated rings. The van der Waals surface area contributed by atoms with E-state index in [1.165, 1.54) is 0 Å².